The largest absolute Gasteiger partial charge is 0.487 e. The molecule has 2 aliphatic heterocycles. The number of hydrogen-bond acceptors (Lipinski definition) is 3. The molecule has 1 unspecified atom stereocenters. The molecule has 0 bridgehead atoms. The number of nitrogens with zero attached hydrogens (tertiary/aromatic N) is 1. The second-order valence-electron chi connectivity index (χ2n) is 6.68. The third-order valence-electron chi connectivity index (χ3n) is 4.86. The van der Waals surface area contributed by atoms with E-state index in [9.17, 15) is 5.11 Å². The number of likely N-dealkylation sites (tertiary alicyclic amines) is 1. The topological polar surface area (TPSA) is 32.7 Å². The first-order valence-electron chi connectivity index (χ1n) is 7.71. The lowest BCUT2D eigenvalue weighted by molar-refractivity contribution is -0.0580. The monoisotopic (exact) mass is 275 g/mol. The van der Waals surface area contributed by atoms with Crippen molar-refractivity contribution in [3.63, 3.8) is 0 Å². The Morgan fingerprint density at radius 3 is 2.65 bits per heavy atom. The number of aliphatic hydroxyl groups is 1. The normalized spacial score (nSPS) is 25.6. The van der Waals surface area contributed by atoms with Crippen LogP contribution in [0.5, 0.6) is 5.75 Å². The summed E-state index contributed by atoms with van der Waals surface area (Å²) in [6.45, 7) is 8.66. The van der Waals surface area contributed by atoms with Crippen molar-refractivity contribution in [1.29, 1.82) is 0 Å². The molecule has 110 valence electrons. The lowest BCUT2D eigenvalue weighted by Gasteiger charge is -2.46. The lowest BCUT2D eigenvalue weighted by atomic mass is 9.81. The van der Waals surface area contributed by atoms with E-state index in [1.807, 2.05) is 6.07 Å². The average molecular weight is 275 g/mol. The minimum atomic E-state index is -0.385. The Balaban J connectivity index is 1.80. The molecule has 1 aromatic rings. The van der Waals surface area contributed by atoms with E-state index in [4.69, 9.17) is 4.74 Å². The van der Waals surface area contributed by atoms with E-state index in [0.29, 0.717) is 6.04 Å². The van der Waals surface area contributed by atoms with Gasteiger partial charge in [0, 0.05) is 31.1 Å². The highest BCUT2D eigenvalue weighted by Crippen LogP contribution is 2.44. The van der Waals surface area contributed by atoms with Gasteiger partial charge in [-0.3, -0.25) is 0 Å². The molecule has 1 aromatic carbocycles. The molecule has 1 saturated heterocycles. The predicted molar refractivity (Wildman–Crippen MR) is 80.1 cm³/mol. The van der Waals surface area contributed by atoms with Crippen molar-refractivity contribution in [1.82, 2.24) is 4.90 Å². The third-order valence-corrected chi connectivity index (χ3v) is 4.86. The number of piperidine rings is 1. The van der Waals surface area contributed by atoms with Crippen LogP contribution in [0.1, 0.15) is 50.3 Å². The van der Waals surface area contributed by atoms with Gasteiger partial charge in [0.15, 0.2) is 0 Å². The maximum absolute atomic E-state index is 10.5. The first-order chi connectivity index (χ1) is 9.49. The first kappa shape index (κ1) is 13.9. The molecule has 1 N–H and O–H groups in total. The molecule has 2 heterocycles. The fourth-order valence-corrected chi connectivity index (χ4v) is 3.51. The molecule has 0 aliphatic carbocycles. The molecule has 1 atom stereocenters. The number of fused-ring (bicyclic) bond motifs is 1. The van der Waals surface area contributed by atoms with Gasteiger partial charge < -0.3 is 14.7 Å². The SMILES string of the molecule is Cc1ccc2c(c1)C(O)CC1(CCN(C(C)C)CC1)O2. The summed E-state index contributed by atoms with van der Waals surface area (Å²) in [5.41, 5.74) is 1.98. The molecule has 20 heavy (non-hydrogen) atoms. The summed E-state index contributed by atoms with van der Waals surface area (Å²) >= 11 is 0. The van der Waals surface area contributed by atoms with E-state index in [1.54, 1.807) is 0 Å². The van der Waals surface area contributed by atoms with Crippen molar-refractivity contribution in [3.8, 4) is 5.75 Å². The number of ether oxygens (including phenoxy) is 1. The molecule has 0 radical (unpaired) electrons. The fraction of sp³-hybridized carbons (Fsp3) is 0.647. The van der Waals surface area contributed by atoms with Gasteiger partial charge >= 0.3 is 0 Å². The van der Waals surface area contributed by atoms with Crippen molar-refractivity contribution >= 4 is 0 Å². The van der Waals surface area contributed by atoms with Crippen molar-refractivity contribution in [2.75, 3.05) is 13.1 Å². The fourth-order valence-electron chi connectivity index (χ4n) is 3.51. The van der Waals surface area contributed by atoms with Crippen LogP contribution in [0, 0.1) is 6.92 Å². The molecule has 0 aromatic heterocycles. The zero-order valence-corrected chi connectivity index (χ0v) is 12.7. The molecule has 3 heteroatoms. The first-order valence-corrected chi connectivity index (χ1v) is 7.71. The second-order valence-corrected chi connectivity index (χ2v) is 6.68. The summed E-state index contributed by atoms with van der Waals surface area (Å²) in [6.07, 6.45) is 2.37. The Bertz CT molecular complexity index is 490. The molecule has 0 saturated carbocycles. The highest BCUT2D eigenvalue weighted by atomic mass is 16.5. The van der Waals surface area contributed by atoms with Crippen LogP contribution in [0.4, 0.5) is 0 Å². The van der Waals surface area contributed by atoms with Gasteiger partial charge in [-0.2, -0.15) is 0 Å². The summed E-state index contributed by atoms with van der Waals surface area (Å²) in [6, 6.07) is 6.73. The van der Waals surface area contributed by atoms with Crippen LogP contribution in [-0.4, -0.2) is 34.7 Å². The number of aryl methyl sites for hydroxylation is 1. The predicted octanol–water partition coefficient (Wildman–Crippen LogP) is 3.05. The van der Waals surface area contributed by atoms with Gasteiger partial charge in [0.05, 0.1) is 6.10 Å². The molecular formula is C17H25NO2. The van der Waals surface area contributed by atoms with Crippen LogP contribution >= 0.6 is 0 Å². The summed E-state index contributed by atoms with van der Waals surface area (Å²) < 4.78 is 6.33. The molecule has 1 fully saturated rings. The smallest absolute Gasteiger partial charge is 0.125 e. The second kappa shape index (κ2) is 5.05. The highest BCUT2D eigenvalue weighted by Gasteiger charge is 2.43. The number of aliphatic hydroxyl groups excluding tert-OH is 1. The zero-order chi connectivity index (χ0) is 14.3. The molecule has 3 nitrogen and oxygen atoms in total. The standard InChI is InChI=1S/C17H25NO2/c1-12(2)18-8-6-17(7-9-18)11-15(19)14-10-13(3)4-5-16(14)20-17/h4-5,10,12,15,19H,6-9,11H2,1-3H3. The van der Waals surface area contributed by atoms with E-state index in [0.717, 1.165) is 43.7 Å². The van der Waals surface area contributed by atoms with Crippen molar-refractivity contribution in [2.45, 2.75) is 57.8 Å². The zero-order valence-electron chi connectivity index (χ0n) is 12.7. The van der Waals surface area contributed by atoms with Crippen LogP contribution < -0.4 is 4.74 Å². The third kappa shape index (κ3) is 2.45. The Morgan fingerprint density at radius 1 is 1.30 bits per heavy atom. The molecule has 1 spiro atoms. The molecular weight excluding hydrogens is 250 g/mol. The summed E-state index contributed by atoms with van der Waals surface area (Å²) in [4.78, 5) is 2.49. The molecule has 3 rings (SSSR count). The summed E-state index contributed by atoms with van der Waals surface area (Å²) in [5, 5.41) is 10.5. The quantitative estimate of drug-likeness (QED) is 0.855. The highest BCUT2D eigenvalue weighted by molar-refractivity contribution is 5.41. The van der Waals surface area contributed by atoms with Crippen LogP contribution in [0.15, 0.2) is 18.2 Å². The van der Waals surface area contributed by atoms with Gasteiger partial charge in [-0.15, -0.1) is 0 Å². The van der Waals surface area contributed by atoms with Crippen molar-refractivity contribution in [2.24, 2.45) is 0 Å². The summed E-state index contributed by atoms with van der Waals surface area (Å²) in [7, 11) is 0. The van der Waals surface area contributed by atoms with E-state index in [1.165, 1.54) is 5.56 Å². The maximum atomic E-state index is 10.5. The minimum absolute atomic E-state index is 0.160. The van der Waals surface area contributed by atoms with Gasteiger partial charge in [-0.25, -0.2) is 0 Å². The van der Waals surface area contributed by atoms with E-state index in [2.05, 4.69) is 37.8 Å². The molecule has 0 amide bonds. The van der Waals surface area contributed by atoms with Crippen molar-refractivity contribution < 1.29 is 9.84 Å². The van der Waals surface area contributed by atoms with Crippen LogP contribution in [0.25, 0.3) is 0 Å². The Labute approximate surface area is 121 Å². The number of rotatable bonds is 1. The number of benzene rings is 1. The number of hydrogen-bond donors (Lipinski definition) is 1. The van der Waals surface area contributed by atoms with Gasteiger partial charge in [-0.1, -0.05) is 11.6 Å². The Kier molecular flexibility index (Phi) is 3.51. The lowest BCUT2D eigenvalue weighted by Crippen LogP contribution is -2.51. The Hall–Kier alpha value is -1.06. The van der Waals surface area contributed by atoms with Crippen LogP contribution in [-0.2, 0) is 0 Å². The van der Waals surface area contributed by atoms with Crippen LogP contribution in [0.2, 0.25) is 0 Å². The van der Waals surface area contributed by atoms with E-state index in [-0.39, 0.29) is 11.7 Å². The van der Waals surface area contributed by atoms with Gasteiger partial charge in [0.2, 0.25) is 0 Å². The van der Waals surface area contributed by atoms with E-state index < -0.39 is 0 Å². The van der Waals surface area contributed by atoms with Gasteiger partial charge in [0.1, 0.15) is 11.4 Å². The Morgan fingerprint density at radius 2 is 2.00 bits per heavy atom. The maximum Gasteiger partial charge on any atom is 0.125 e. The van der Waals surface area contributed by atoms with Crippen molar-refractivity contribution in [3.05, 3.63) is 29.3 Å². The van der Waals surface area contributed by atoms with E-state index >= 15 is 0 Å². The van der Waals surface area contributed by atoms with Crippen LogP contribution in [0.3, 0.4) is 0 Å². The average Bonchev–Trinajstić information content (AvgIpc) is 2.40. The summed E-state index contributed by atoms with van der Waals surface area (Å²) in [5.74, 6) is 0.882. The van der Waals surface area contributed by atoms with Gasteiger partial charge in [-0.05, 0) is 45.7 Å². The van der Waals surface area contributed by atoms with Gasteiger partial charge in [0.25, 0.3) is 0 Å². The molecule has 2 aliphatic rings. The minimum Gasteiger partial charge on any atom is -0.487 e.